The first-order valence-corrected chi connectivity index (χ1v) is 10.4. The summed E-state index contributed by atoms with van der Waals surface area (Å²) >= 11 is 0. The largest absolute Gasteiger partial charge is 0.482 e. The maximum absolute atomic E-state index is 12.4. The van der Waals surface area contributed by atoms with Crippen molar-refractivity contribution >= 4 is 17.6 Å². The molecule has 0 saturated carbocycles. The number of aryl methyl sites for hydroxylation is 2. The van der Waals surface area contributed by atoms with Crippen LogP contribution in [-0.2, 0) is 20.7 Å². The number of hydrogen-bond donors (Lipinski definition) is 0. The Bertz CT molecular complexity index is 871. The van der Waals surface area contributed by atoms with Gasteiger partial charge >= 0.3 is 5.97 Å². The van der Waals surface area contributed by atoms with Gasteiger partial charge in [-0.05, 0) is 55.2 Å². The summed E-state index contributed by atoms with van der Waals surface area (Å²) < 4.78 is 10.5. The molecule has 160 valence electrons. The third-order valence-electron chi connectivity index (χ3n) is 5.59. The van der Waals surface area contributed by atoms with Crippen molar-refractivity contribution < 1.29 is 19.1 Å². The number of ether oxygens (including phenoxy) is 2. The van der Waals surface area contributed by atoms with Gasteiger partial charge in [0.2, 0.25) is 0 Å². The lowest BCUT2D eigenvalue weighted by molar-refractivity contribution is -0.153. The van der Waals surface area contributed by atoms with Gasteiger partial charge in [-0.15, -0.1) is 0 Å². The number of carbonyl (C=O) groups excluding carboxylic acids is 2. The van der Waals surface area contributed by atoms with Crippen LogP contribution in [0.5, 0.6) is 5.75 Å². The minimum Gasteiger partial charge on any atom is -0.482 e. The minimum absolute atomic E-state index is 0.170. The number of rotatable bonds is 7. The predicted molar refractivity (Wildman–Crippen MR) is 117 cm³/mol. The van der Waals surface area contributed by atoms with Crippen molar-refractivity contribution in [1.82, 2.24) is 4.90 Å². The van der Waals surface area contributed by atoms with Crippen LogP contribution < -0.4 is 9.64 Å². The fraction of sp³-hybridized carbons (Fsp3) is 0.417. The van der Waals surface area contributed by atoms with Crippen molar-refractivity contribution in [3.8, 4) is 5.75 Å². The molecule has 30 heavy (non-hydrogen) atoms. The molecule has 6 heteroatoms. The summed E-state index contributed by atoms with van der Waals surface area (Å²) in [7, 11) is 0. The Morgan fingerprint density at radius 1 is 0.933 bits per heavy atom. The fourth-order valence-electron chi connectivity index (χ4n) is 3.51. The Kier molecular flexibility index (Phi) is 7.33. The quantitative estimate of drug-likeness (QED) is 0.657. The van der Waals surface area contributed by atoms with E-state index in [2.05, 4.69) is 43.9 Å². The summed E-state index contributed by atoms with van der Waals surface area (Å²) in [5, 5.41) is 0. The lowest BCUT2D eigenvalue weighted by Gasteiger charge is -2.37. The molecule has 1 fully saturated rings. The maximum Gasteiger partial charge on any atom is 0.344 e. The summed E-state index contributed by atoms with van der Waals surface area (Å²) in [6.45, 7) is 8.61. The molecule has 2 aromatic carbocycles. The number of carbonyl (C=O) groups is 2. The number of hydrogen-bond acceptors (Lipinski definition) is 5. The molecule has 1 heterocycles. The first kappa shape index (κ1) is 21.7. The monoisotopic (exact) mass is 410 g/mol. The molecule has 0 N–H and O–H groups in total. The van der Waals surface area contributed by atoms with Crippen molar-refractivity contribution in [1.29, 1.82) is 0 Å². The molecule has 1 amide bonds. The summed E-state index contributed by atoms with van der Waals surface area (Å²) in [5.74, 6) is -0.105. The maximum atomic E-state index is 12.4. The minimum atomic E-state index is -0.545. The molecule has 0 aliphatic carbocycles. The van der Waals surface area contributed by atoms with Crippen LogP contribution in [0.1, 0.15) is 23.6 Å². The number of esters is 1. The second kappa shape index (κ2) is 10.1. The van der Waals surface area contributed by atoms with Crippen LogP contribution in [0.15, 0.2) is 42.5 Å². The molecule has 0 radical (unpaired) electrons. The topological polar surface area (TPSA) is 59.1 Å². The fourth-order valence-corrected chi connectivity index (χ4v) is 3.51. The lowest BCUT2D eigenvalue weighted by Crippen LogP contribution is -2.50. The van der Waals surface area contributed by atoms with E-state index in [0.29, 0.717) is 18.8 Å². The van der Waals surface area contributed by atoms with Crippen LogP contribution in [0.3, 0.4) is 0 Å². The Morgan fingerprint density at radius 2 is 1.63 bits per heavy atom. The number of piperazine rings is 1. The van der Waals surface area contributed by atoms with E-state index < -0.39 is 5.97 Å². The van der Waals surface area contributed by atoms with Gasteiger partial charge < -0.3 is 19.3 Å². The number of amides is 1. The number of nitrogens with zero attached hydrogens (tertiary/aromatic N) is 2. The molecule has 0 spiro atoms. The Hall–Kier alpha value is -3.02. The van der Waals surface area contributed by atoms with Crippen LogP contribution in [0.2, 0.25) is 0 Å². The molecule has 0 unspecified atom stereocenters. The van der Waals surface area contributed by atoms with Gasteiger partial charge in [-0.25, -0.2) is 4.79 Å². The van der Waals surface area contributed by atoms with Gasteiger partial charge in [0.15, 0.2) is 13.2 Å². The van der Waals surface area contributed by atoms with E-state index in [1.807, 2.05) is 24.3 Å². The van der Waals surface area contributed by atoms with Gasteiger partial charge in [-0.3, -0.25) is 4.79 Å². The average Bonchev–Trinajstić information content (AvgIpc) is 2.78. The molecule has 0 atom stereocenters. The summed E-state index contributed by atoms with van der Waals surface area (Å²) in [6, 6.07) is 13.9. The van der Waals surface area contributed by atoms with E-state index in [0.717, 1.165) is 19.5 Å². The van der Waals surface area contributed by atoms with E-state index in [1.54, 1.807) is 4.90 Å². The zero-order valence-corrected chi connectivity index (χ0v) is 18.0. The molecule has 0 aromatic heterocycles. The van der Waals surface area contributed by atoms with Crippen LogP contribution >= 0.6 is 0 Å². The summed E-state index contributed by atoms with van der Waals surface area (Å²) in [5.41, 5.74) is 4.96. The Morgan fingerprint density at radius 3 is 2.30 bits per heavy atom. The van der Waals surface area contributed by atoms with Gasteiger partial charge in [0.1, 0.15) is 5.75 Å². The Balaban J connectivity index is 1.40. The van der Waals surface area contributed by atoms with Gasteiger partial charge in [0.05, 0.1) is 0 Å². The summed E-state index contributed by atoms with van der Waals surface area (Å²) in [4.78, 5) is 28.4. The first-order valence-electron chi connectivity index (χ1n) is 10.4. The number of anilines is 1. The first-order chi connectivity index (χ1) is 14.5. The van der Waals surface area contributed by atoms with Gasteiger partial charge in [-0.1, -0.05) is 31.2 Å². The van der Waals surface area contributed by atoms with Crippen molar-refractivity contribution in [2.24, 2.45) is 0 Å². The van der Waals surface area contributed by atoms with Crippen LogP contribution in [0.4, 0.5) is 5.69 Å². The summed E-state index contributed by atoms with van der Waals surface area (Å²) in [6.07, 6.45) is 0.948. The molecule has 0 bridgehead atoms. The molecule has 3 rings (SSSR count). The van der Waals surface area contributed by atoms with Crippen LogP contribution in [0.25, 0.3) is 0 Å². The third kappa shape index (κ3) is 5.53. The molecule has 1 saturated heterocycles. The second-order valence-electron chi connectivity index (χ2n) is 7.53. The normalized spacial score (nSPS) is 13.8. The molecular formula is C24H30N2O4. The van der Waals surface area contributed by atoms with E-state index >= 15 is 0 Å². The van der Waals surface area contributed by atoms with E-state index in [4.69, 9.17) is 9.47 Å². The highest BCUT2D eigenvalue weighted by molar-refractivity contribution is 5.81. The molecule has 1 aliphatic heterocycles. The highest BCUT2D eigenvalue weighted by Gasteiger charge is 2.23. The van der Waals surface area contributed by atoms with Crippen molar-refractivity contribution in [3.63, 3.8) is 0 Å². The van der Waals surface area contributed by atoms with Gasteiger partial charge in [0.25, 0.3) is 5.91 Å². The van der Waals surface area contributed by atoms with Crippen LogP contribution in [-0.4, -0.2) is 56.2 Å². The highest BCUT2D eigenvalue weighted by Crippen LogP contribution is 2.23. The predicted octanol–water partition coefficient (Wildman–Crippen LogP) is 3.14. The van der Waals surface area contributed by atoms with E-state index in [9.17, 15) is 9.59 Å². The molecule has 6 nitrogen and oxygen atoms in total. The third-order valence-corrected chi connectivity index (χ3v) is 5.59. The van der Waals surface area contributed by atoms with Gasteiger partial charge in [-0.2, -0.15) is 0 Å². The van der Waals surface area contributed by atoms with Crippen molar-refractivity contribution in [2.45, 2.75) is 27.2 Å². The second-order valence-corrected chi connectivity index (χ2v) is 7.53. The average molecular weight is 411 g/mol. The zero-order valence-electron chi connectivity index (χ0n) is 18.0. The Labute approximate surface area is 178 Å². The van der Waals surface area contributed by atoms with Gasteiger partial charge in [0, 0.05) is 31.9 Å². The molecule has 2 aromatic rings. The standard InChI is InChI=1S/C24H30N2O4/c1-4-20-8-10-21(11-9-20)29-17-24(28)30-16-23(27)26-14-12-25(13-15-26)22-7-5-6-18(2)19(22)3/h5-11H,4,12-17H2,1-3H3. The smallest absolute Gasteiger partial charge is 0.344 e. The van der Waals surface area contributed by atoms with E-state index in [-0.39, 0.29) is 19.1 Å². The zero-order chi connectivity index (χ0) is 21.5. The highest BCUT2D eigenvalue weighted by atomic mass is 16.6. The van der Waals surface area contributed by atoms with Crippen molar-refractivity contribution in [2.75, 3.05) is 44.3 Å². The van der Waals surface area contributed by atoms with Crippen LogP contribution in [0, 0.1) is 13.8 Å². The SMILES string of the molecule is CCc1ccc(OCC(=O)OCC(=O)N2CCN(c3cccc(C)c3C)CC2)cc1. The molecular weight excluding hydrogens is 380 g/mol. The lowest BCUT2D eigenvalue weighted by atomic mass is 10.1. The number of benzene rings is 2. The van der Waals surface area contributed by atoms with E-state index in [1.165, 1.54) is 22.4 Å². The van der Waals surface area contributed by atoms with Crippen molar-refractivity contribution in [3.05, 3.63) is 59.2 Å². The molecule has 1 aliphatic rings.